The van der Waals surface area contributed by atoms with E-state index in [1.54, 1.807) is 11.8 Å². The van der Waals surface area contributed by atoms with Gasteiger partial charge in [-0.15, -0.1) is 0 Å². The third-order valence-electron chi connectivity index (χ3n) is 4.99. The lowest BCUT2D eigenvalue weighted by molar-refractivity contribution is -0.136. The molecule has 0 saturated heterocycles. The summed E-state index contributed by atoms with van der Waals surface area (Å²) in [4.78, 5) is 16.8. The molecule has 1 atom stereocenters. The third-order valence-corrected chi connectivity index (χ3v) is 5.48. The van der Waals surface area contributed by atoms with Gasteiger partial charge >= 0.3 is 5.97 Å². The van der Waals surface area contributed by atoms with Crippen LogP contribution in [0.1, 0.15) is 24.1 Å². The lowest BCUT2D eigenvalue weighted by atomic mass is 9.95. The van der Waals surface area contributed by atoms with Crippen LogP contribution in [0, 0.1) is 0 Å². The van der Waals surface area contributed by atoms with Crippen molar-refractivity contribution in [1.29, 1.82) is 0 Å². The Morgan fingerprint density at radius 2 is 2.03 bits per heavy atom. The number of halogens is 1. The second-order valence-corrected chi connectivity index (χ2v) is 7.83. The highest BCUT2D eigenvalue weighted by Gasteiger charge is 2.34. The van der Waals surface area contributed by atoms with Gasteiger partial charge in [-0.25, -0.2) is 9.48 Å². The van der Waals surface area contributed by atoms with Crippen molar-refractivity contribution < 1.29 is 19.0 Å². The fraction of sp³-hybridized carbons (Fsp3) is 0.227. The van der Waals surface area contributed by atoms with Crippen molar-refractivity contribution in [1.82, 2.24) is 14.8 Å². The monoisotopic (exact) mass is 484 g/mol. The Bertz CT molecular complexity index is 1160. The van der Waals surface area contributed by atoms with Gasteiger partial charge in [-0.2, -0.15) is 10.1 Å². The summed E-state index contributed by atoms with van der Waals surface area (Å²) >= 11 is 3.47. The Hall–Kier alpha value is -3.33. The second kappa shape index (κ2) is 8.81. The topological polar surface area (TPSA) is 87.5 Å². The zero-order valence-electron chi connectivity index (χ0n) is 17.3. The molecule has 1 N–H and O–H groups in total. The lowest BCUT2D eigenvalue weighted by Crippen LogP contribution is -2.29. The largest absolute Gasteiger partial charge is 0.493 e. The summed E-state index contributed by atoms with van der Waals surface area (Å²) in [5, 5.41) is 7.40. The maximum Gasteiger partial charge on any atom is 0.338 e. The second-order valence-electron chi connectivity index (χ2n) is 6.91. The van der Waals surface area contributed by atoms with E-state index in [0.29, 0.717) is 35.3 Å². The van der Waals surface area contributed by atoms with Crippen LogP contribution in [0.25, 0.3) is 0 Å². The zero-order chi connectivity index (χ0) is 22.0. The first-order valence-corrected chi connectivity index (χ1v) is 10.3. The van der Waals surface area contributed by atoms with Gasteiger partial charge in [0.15, 0.2) is 11.5 Å². The van der Waals surface area contributed by atoms with Gasteiger partial charge in [-0.1, -0.05) is 34.1 Å². The maximum absolute atomic E-state index is 12.6. The van der Waals surface area contributed by atoms with Gasteiger partial charge in [0.1, 0.15) is 19.0 Å². The van der Waals surface area contributed by atoms with Gasteiger partial charge in [0.2, 0.25) is 5.95 Å². The van der Waals surface area contributed by atoms with Gasteiger partial charge in [-0.3, -0.25) is 0 Å². The summed E-state index contributed by atoms with van der Waals surface area (Å²) in [6.07, 6.45) is 1.44. The highest BCUT2D eigenvalue weighted by molar-refractivity contribution is 9.10. The van der Waals surface area contributed by atoms with E-state index in [2.05, 4.69) is 31.3 Å². The zero-order valence-corrected chi connectivity index (χ0v) is 18.8. The van der Waals surface area contributed by atoms with E-state index in [-0.39, 0.29) is 0 Å². The summed E-state index contributed by atoms with van der Waals surface area (Å²) in [7, 11) is 2.94. The van der Waals surface area contributed by atoms with E-state index in [9.17, 15) is 4.79 Å². The fourth-order valence-corrected chi connectivity index (χ4v) is 3.98. The smallest absolute Gasteiger partial charge is 0.338 e. The number of carbonyl (C=O) groups excluding carboxylic acids is 1. The minimum absolute atomic E-state index is 0.391. The third kappa shape index (κ3) is 4.13. The van der Waals surface area contributed by atoms with Gasteiger partial charge in [0.05, 0.1) is 19.8 Å². The molecule has 31 heavy (non-hydrogen) atoms. The number of allylic oxidation sites excluding steroid dienone is 1. The summed E-state index contributed by atoms with van der Waals surface area (Å²) in [5.74, 6) is 1.25. The van der Waals surface area contributed by atoms with Crippen LogP contribution in [0.15, 0.2) is 64.5 Å². The number of ether oxygens (including phenoxy) is 3. The maximum atomic E-state index is 12.6. The van der Waals surface area contributed by atoms with Crippen molar-refractivity contribution in [2.24, 2.45) is 0 Å². The number of rotatable bonds is 6. The Morgan fingerprint density at radius 1 is 1.19 bits per heavy atom. The molecule has 1 aromatic heterocycles. The first kappa shape index (κ1) is 20.9. The van der Waals surface area contributed by atoms with Crippen molar-refractivity contribution in [3.8, 4) is 11.5 Å². The minimum Gasteiger partial charge on any atom is -0.493 e. The van der Waals surface area contributed by atoms with Crippen LogP contribution in [-0.4, -0.2) is 35.0 Å². The molecule has 0 amide bonds. The quantitative estimate of drug-likeness (QED) is 0.527. The fourth-order valence-electron chi connectivity index (χ4n) is 3.53. The molecule has 8 nitrogen and oxygen atoms in total. The first-order chi connectivity index (χ1) is 15.0. The SMILES string of the molecule is COC(=O)C1=C(C)Nc2ncnn2C1c1ccc(OCc2cccc(Br)c2)c(OC)c1. The molecule has 0 spiro atoms. The molecule has 160 valence electrons. The van der Waals surface area contributed by atoms with Crippen LogP contribution in [0.3, 0.4) is 0 Å². The minimum atomic E-state index is -0.515. The number of hydrogen-bond acceptors (Lipinski definition) is 7. The van der Waals surface area contributed by atoms with E-state index in [1.807, 2.05) is 49.4 Å². The van der Waals surface area contributed by atoms with Crippen molar-refractivity contribution in [3.63, 3.8) is 0 Å². The molecule has 0 saturated carbocycles. The van der Waals surface area contributed by atoms with Gasteiger partial charge in [0.25, 0.3) is 0 Å². The highest BCUT2D eigenvalue weighted by Crippen LogP contribution is 2.39. The molecule has 3 aromatic rings. The van der Waals surface area contributed by atoms with Crippen molar-refractivity contribution >= 4 is 27.8 Å². The molecule has 0 bridgehead atoms. The molecule has 9 heteroatoms. The van der Waals surface area contributed by atoms with E-state index in [4.69, 9.17) is 14.2 Å². The number of hydrogen-bond donors (Lipinski definition) is 1. The first-order valence-electron chi connectivity index (χ1n) is 9.52. The highest BCUT2D eigenvalue weighted by atomic mass is 79.9. The Kier molecular flexibility index (Phi) is 5.94. The molecule has 1 aliphatic heterocycles. The molecular formula is C22H21BrN4O4. The number of esters is 1. The average molecular weight is 485 g/mol. The molecule has 2 heterocycles. The van der Waals surface area contributed by atoms with Crippen LogP contribution >= 0.6 is 15.9 Å². The van der Waals surface area contributed by atoms with E-state index in [1.165, 1.54) is 13.4 Å². The molecule has 4 rings (SSSR count). The van der Waals surface area contributed by atoms with E-state index < -0.39 is 12.0 Å². The number of aromatic nitrogens is 3. The van der Waals surface area contributed by atoms with Crippen molar-refractivity contribution in [2.75, 3.05) is 19.5 Å². The Labute approximate surface area is 188 Å². The predicted molar refractivity (Wildman–Crippen MR) is 118 cm³/mol. The standard InChI is InChI=1S/C22H21BrN4O4/c1-13-19(21(28)30-3)20(27-22(26-13)24-12-25-27)15-7-8-17(18(10-15)29-2)31-11-14-5-4-6-16(23)9-14/h4-10,12,20H,11H2,1-3H3,(H,24,25,26). The van der Waals surface area contributed by atoms with E-state index in [0.717, 1.165) is 15.6 Å². The number of benzene rings is 2. The van der Waals surface area contributed by atoms with Crippen LogP contribution < -0.4 is 14.8 Å². The molecule has 0 aliphatic carbocycles. The number of nitrogens with zero attached hydrogens (tertiary/aromatic N) is 3. The number of anilines is 1. The summed E-state index contributed by atoms with van der Waals surface area (Å²) < 4.78 is 19.2. The molecule has 0 radical (unpaired) electrons. The van der Waals surface area contributed by atoms with E-state index >= 15 is 0 Å². The van der Waals surface area contributed by atoms with Crippen molar-refractivity contribution in [2.45, 2.75) is 19.6 Å². The normalized spacial score (nSPS) is 15.2. The Morgan fingerprint density at radius 3 is 2.77 bits per heavy atom. The number of methoxy groups -OCH3 is 2. The molecule has 1 unspecified atom stereocenters. The number of carbonyl (C=O) groups is 1. The Balaban J connectivity index is 1.68. The average Bonchev–Trinajstić information content (AvgIpc) is 3.24. The summed E-state index contributed by atoms with van der Waals surface area (Å²) in [6, 6.07) is 12.9. The van der Waals surface area contributed by atoms with Crippen molar-refractivity contribution in [3.05, 3.63) is 75.7 Å². The molecule has 0 fully saturated rings. The van der Waals surface area contributed by atoms with Gasteiger partial charge in [-0.05, 0) is 42.3 Å². The van der Waals surface area contributed by atoms with Gasteiger partial charge in [0, 0.05) is 10.2 Å². The number of nitrogens with one attached hydrogen (secondary N) is 1. The molecule has 1 aliphatic rings. The number of fused-ring (bicyclic) bond motifs is 1. The van der Waals surface area contributed by atoms with Gasteiger partial charge < -0.3 is 19.5 Å². The van der Waals surface area contributed by atoms with Crippen LogP contribution in [-0.2, 0) is 16.1 Å². The van der Waals surface area contributed by atoms with Crippen LogP contribution in [0.2, 0.25) is 0 Å². The predicted octanol–water partition coefficient (Wildman–Crippen LogP) is 4.09. The molecular weight excluding hydrogens is 464 g/mol. The van der Waals surface area contributed by atoms with Crippen LogP contribution in [0.5, 0.6) is 11.5 Å². The molecule has 2 aromatic carbocycles. The summed E-state index contributed by atoms with van der Waals surface area (Å²) in [5.41, 5.74) is 2.92. The summed E-state index contributed by atoms with van der Waals surface area (Å²) in [6.45, 7) is 2.20. The van der Waals surface area contributed by atoms with Crippen LogP contribution in [0.4, 0.5) is 5.95 Å². The lowest BCUT2D eigenvalue weighted by Gasteiger charge is -2.28.